The number of rotatable bonds is 0. The molecule has 2 aliphatic heterocycles. The van der Waals surface area contributed by atoms with Crippen LogP contribution >= 0.6 is 0 Å². The summed E-state index contributed by atoms with van der Waals surface area (Å²) in [6.07, 6.45) is 0. The second kappa shape index (κ2) is 21.3. The van der Waals surface area contributed by atoms with Crippen LogP contribution in [0, 0.1) is 0 Å². The van der Waals surface area contributed by atoms with E-state index in [4.69, 9.17) is 0 Å². The Labute approximate surface area is 688 Å². The lowest BCUT2D eigenvalue weighted by Gasteiger charge is -2.25. The molecule has 6 heteroatoms. The topological polar surface area (TPSA) is 92.3 Å². The Kier molecular flexibility index (Phi) is 11.0. The van der Waals surface area contributed by atoms with E-state index in [9.17, 15) is 19.2 Å². The summed E-state index contributed by atoms with van der Waals surface area (Å²) < 4.78 is 0. The van der Waals surface area contributed by atoms with E-state index >= 15 is 0 Å². The number of carbonyl (C=O) groups excluding carboxylic acids is 4. The summed E-state index contributed by atoms with van der Waals surface area (Å²) in [7, 11) is 0. The molecule has 0 unspecified atom stereocenters. The van der Waals surface area contributed by atoms with Crippen molar-refractivity contribution in [3.8, 4) is 0 Å². The summed E-state index contributed by atoms with van der Waals surface area (Å²) >= 11 is 0. The monoisotopic (exact) mass is 1540 g/mol. The van der Waals surface area contributed by atoms with Gasteiger partial charge in [-0.05, 0) is 327 Å². The zero-order valence-electron chi connectivity index (χ0n) is 64.7. The van der Waals surface area contributed by atoms with Gasteiger partial charge in [-0.15, -0.1) is 0 Å². The average molecular weight is 1540 g/mol. The van der Waals surface area contributed by atoms with Gasteiger partial charge in [0.05, 0.1) is 0 Å². The van der Waals surface area contributed by atoms with Crippen molar-refractivity contribution in [3.05, 3.63) is 338 Å². The maximum absolute atomic E-state index is 12.4. The highest BCUT2D eigenvalue weighted by atomic mass is 16.2. The van der Waals surface area contributed by atoms with Crippen LogP contribution in [0.3, 0.4) is 0 Å². The SMILES string of the molecule is O=C1NC(=O)c2ccc3c4ccc5c6c(ccc(c7ccc1c2c73)c64)C(=O)NC5=O.c1cc2ccc3cc4ccc5ccc6ccc7cc8ccc1c1c2c3c2c4c5c6c7c2c81.c1cc2ccc3ccc4ccc5ccc6ccc1c1c2c3c4c5c61.c1cc2cccc3c2c(c1)c1c2c4cccc5cccc(c54)c2c2c4cccc5cccc(c54)c2c31. The molecule has 0 aliphatic carbocycles. The van der Waals surface area contributed by atoms with E-state index in [1.807, 2.05) is 24.3 Å². The van der Waals surface area contributed by atoms with Crippen molar-refractivity contribution in [3.63, 3.8) is 0 Å². The Morgan fingerprint density at radius 3 is 0.467 bits per heavy atom. The van der Waals surface area contributed by atoms with Gasteiger partial charge in [-0.2, -0.15) is 0 Å². The van der Waals surface area contributed by atoms with Crippen molar-refractivity contribution in [1.82, 2.24) is 10.6 Å². The van der Waals surface area contributed by atoms with E-state index in [-0.39, 0.29) is 0 Å². The van der Waals surface area contributed by atoms with Crippen LogP contribution in [0.2, 0.25) is 0 Å². The molecule has 32 aromatic carbocycles. The largest absolute Gasteiger partial charge is 0.288 e. The Balaban J connectivity index is 0.0000000796. The summed E-state index contributed by atoms with van der Waals surface area (Å²) in [5.74, 6) is -1.63. The van der Waals surface area contributed by atoms with Crippen molar-refractivity contribution in [2.24, 2.45) is 0 Å². The molecular weight excluding hydrogens is 1490 g/mol. The minimum absolute atomic E-state index is 0.408. The number of amides is 4. The van der Waals surface area contributed by atoms with Gasteiger partial charge in [0.15, 0.2) is 0 Å². The van der Waals surface area contributed by atoms with Crippen LogP contribution in [0.25, 0.3) is 302 Å². The third-order valence-electron chi connectivity index (χ3n) is 29.4. The first-order valence-electron chi connectivity index (χ1n) is 42.0. The fourth-order valence-corrected chi connectivity index (χ4v) is 24.8. The Hall–Kier alpha value is -16.3. The summed E-state index contributed by atoms with van der Waals surface area (Å²) in [5.41, 5.74) is 1.87. The van der Waals surface area contributed by atoms with Crippen molar-refractivity contribution >= 4 is 325 Å². The Morgan fingerprint density at radius 1 is 0.115 bits per heavy atom. The van der Waals surface area contributed by atoms with Crippen LogP contribution in [-0.4, -0.2) is 23.6 Å². The second-order valence-electron chi connectivity index (χ2n) is 34.8. The third kappa shape index (κ3) is 7.28. The normalized spacial score (nSPS) is 13.8. The van der Waals surface area contributed by atoms with Crippen molar-refractivity contribution in [2.45, 2.75) is 0 Å². The molecule has 32 aromatic rings. The average Bonchev–Trinajstić information content (AvgIpc) is 0.726. The first-order valence-corrected chi connectivity index (χ1v) is 42.0. The highest BCUT2D eigenvalue weighted by molar-refractivity contribution is 6.58. The number of fused-ring (bicyclic) bond motifs is 14. The van der Waals surface area contributed by atoms with E-state index in [0.29, 0.717) is 33.0 Å². The first-order chi connectivity index (χ1) is 60.2. The molecule has 0 bridgehead atoms. The minimum atomic E-state index is -0.408. The van der Waals surface area contributed by atoms with Gasteiger partial charge in [-0.25, -0.2) is 0 Å². The van der Waals surface area contributed by atoms with E-state index in [2.05, 4.69) is 278 Å². The summed E-state index contributed by atoms with van der Waals surface area (Å²) in [5, 5.41) is 78.3. The van der Waals surface area contributed by atoms with Gasteiger partial charge in [0, 0.05) is 33.0 Å². The molecule has 0 aromatic heterocycles. The summed E-state index contributed by atoms with van der Waals surface area (Å²) in [6.45, 7) is 0. The minimum Gasteiger partial charge on any atom is -0.288 e. The first kappa shape index (κ1) is 62.9. The van der Waals surface area contributed by atoms with Crippen molar-refractivity contribution in [1.29, 1.82) is 0 Å². The highest BCUT2D eigenvalue weighted by Crippen LogP contribution is 2.59. The quantitative estimate of drug-likeness (QED) is 0.0899. The van der Waals surface area contributed by atoms with Crippen LogP contribution < -0.4 is 10.6 Å². The molecule has 122 heavy (non-hydrogen) atoms. The van der Waals surface area contributed by atoms with Gasteiger partial charge in [0.1, 0.15) is 0 Å². The zero-order valence-corrected chi connectivity index (χ0v) is 64.7. The van der Waals surface area contributed by atoms with Gasteiger partial charge >= 0.3 is 0 Å². The van der Waals surface area contributed by atoms with E-state index in [1.54, 1.807) is 24.3 Å². The van der Waals surface area contributed by atoms with Crippen LogP contribution in [0.1, 0.15) is 41.4 Å². The lowest BCUT2D eigenvalue weighted by molar-refractivity contribution is 0.0828. The second-order valence-corrected chi connectivity index (χ2v) is 34.8. The van der Waals surface area contributed by atoms with Gasteiger partial charge in [-0.3, -0.25) is 29.8 Å². The number of imide groups is 2. The van der Waals surface area contributed by atoms with E-state index in [1.165, 1.54) is 259 Å². The standard InChI is InChI=1S/C36H18.C32H14.C24H10N2O4.C24H12/c1-7-19-8-2-14-23-28(19)22(13-1)31-32(23)34-26-17-5-11-21-12-6-18-27(30(21)26)36(34)35-25-16-4-10-20-9-3-15-24(29(20)25)33(31)35;1-2-16-6-10-20-14-22-12-8-18-4-3-17-7-11-21-13-19-9-5-15(1)23-24(16)28(20)32-30(22)26(18)25(17)29(21)31(32)27(19)23;27-21-13-5-1-9-10-2-6-15-20-16(24(30)26-23(15)29)8-4-12(18(10)20)11-3-7-14(22(28)25-21)19(13)17(9)11;1-2-14-5-6-16-9-11-18-12-10-17-8-7-15-4-3-13(1)19-20(14)22(16)24(18)23(17)21(15)19/h1-18H;1-14H;1-8H,(H,25,27,28)(H,26,29,30);1-12H. The van der Waals surface area contributed by atoms with Crippen molar-refractivity contribution < 1.29 is 19.2 Å². The van der Waals surface area contributed by atoms with Crippen LogP contribution in [0.5, 0.6) is 0 Å². The molecule has 0 fully saturated rings. The van der Waals surface area contributed by atoms with E-state index < -0.39 is 23.6 Å². The molecule has 2 aliphatic rings. The fraction of sp³-hybridized carbons (Fsp3) is 0. The van der Waals surface area contributed by atoms with Crippen LogP contribution in [0.4, 0.5) is 0 Å². The van der Waals surface area contributed by atoms with Crippen LogP contribution in [-0.2, 0) is 0 Å². The lowest BCUT2D eigenvalue weighted by Crippen LogP contribution is -2.35. The molecular formula is C116H54N2O4. The maximum atomic E-state index is 12.4. The molecule has 552 valence electrons. The zero-order chi connectivity index (χ0) is 79.1. The molecule has 0 atom stereocenters. The molecule has 4 amide bonds. The summed E-state index contributed by atoms with van der Waals surface area (Å²) in [4.78, 5) is 49.8. The van der Waals surface area contributed by atoms with Gasteiger partial charge in [0.25, 0.3) is 23.6 Å². The molecule has 2 heterocycles. The predicted octanol–water partition coefficient (Wildman–Crippen LogP) is 30.1. The number of nitrogens with one attached hydrogen (secondary N) is 2. The Bertz CT molecular complexity index is 9020. The molecule has 0 radical (unpaired) electrons. The molecule has 6 nitrogen and oxygen atoms in total. The third-order valence-corrected chi connectivity index (χ3v) is 29.4. The molecule has 0 spiro atoms. The number of hydrogen-bond acceptors (Lipinski definition) is 4. The lowest BCUT2D eigenvalue weighted by atomic mass is 9.77. The summed E-state index contributed by atoms with van der Waals surface area (Å²) in [6, 6.07) is 115. The fourth-order valence-electron chi connectivity index (χ4n) is 24.8. The van der Waals surface area contributed by atoms with Crippen molar-refractivity contribution in [2.75, 3.05) is 0 Å². The van der Waals surface area contributed by atoms with E-state index in [0.717, 1.165) is 32.3 Å². The molecule has 34 rings (SSSR count). The van der Waals surface area contributed by atoms with Gasteiger partial charge < -0.3 is 0 Å². The molecule has 0 saturated carbocycles. The van der Waals surface area contributed by atoms with Gasteiger partial charge in [0.2, 0.25) is 0 Å². The molecule has 2 N–H and O–H groups in total. The Morgan fingerprint density at radius 2 is 0.279 bits per heavy atom. The highest BCUT2D eigenvalue weighted by Gasteiger charge is 2.34. The maximum Gasteiger partial charge on any atom is 0.258 e. The predicted molar refractivity (Wildman–Crippen MR) is 514 cm³/mol. The molecule has 0 saturated heterocycles. The smallest absolute Gasteiger partial charge is 0.258 e. The number of hydrogen-bond donors (Lipinski definition) is 2. The van der Waals surface area contributed by atoms with Crippen LogP contribution in [0.15, 0.2) is 315 Å². The van der Waals surface area contributed by atoms with Gasteiger partial charge in [-0.1, -0.05) is 279 Å². The number of benzene rings is 29. The number of carbonyl (C=O) groups is 4.